The van der Waals surface area contributed by atoms with Crippen LogP contribution in [0, 0.1) is 0 Å². The molecule has 0 amide bonds. The fourth-order valence-corrected chi connectivity index (χ4v) is 10.8. The highest BCUT2D eigenvalue weighted by Crippen LogP contribution is 2.49. The zero-order valence-corrected chi connectivity index (χ0v) is 29.9. The van der Waals surface area contributed by atoms with Gasteiger partial charge in [-0.2, -0.15) is 0 Å². The predicted molar refractivity (Wildman–Crippen MR) is 228 cm³/mol. The van der Waals surface area contributed by atoms with E-state index < -0.39 is 0 Å². The Kier molecular flexibility index (Phi) is 6.09. The first-order valence-electron chi connectivity index (χ1n) is 17.8. The molecule has 246 valence electrons. The van der Waals surface area contributed by atoms with E-state index in [9.17, 15) is 0 Å². The van der Waals surface area contributed by atoms with Crippen LogP contribution in [-0.2, 0) is 0 Å². The Morgan fingerprint density at radius 2 is 1.02 bits per heavy atom. The maximum Gasteiger partial charge on any atom is 0.162 e. The zero-order chi connectivity index (χ0) is 34.6. The monoisotopic (exact) mass is 709 g/mol. The average Bonchev–Trinajstić information content (AvgIpc) is 3.91. The second-order valence-electron chi connectivity index (χ2n) is 13.7. The second kappa shape index (κ2) is 11.1. The highest BCUT2D eigenvalue weighted by Gasteiger charge is 2.25. The molecule has 12 rings (SSSR count). The van der Waals surface area contributed by atoms with Gasteiger partial charge in [0, 0.05) is 57.4 Å². The van der Waals surface area contributed by atoms with E-state index in [1.165, 1.54) is 73.8 Å². The number of thiophene rings is 2. The summed E-state index contributed by atoms with van der Waals surface area (Å²) in [5.74, 6) is 1.64. The Bertz CT molecular complexity index is 3450. The van der Waals surface area contributed by atoms with E-state index in [-0.39, 0.29) is 0 Å². The van der Waals surface area contributed by atoms with E-state index in [2.05, 4.69) is 168 Å². The standard InChI is InChI=1S/C48H27N3S2/c1-2-14-31-28(12-1)13-11-20-32(31)29-24-26-30(27-25-29)47-49-43-37-19-7-10-23-40(37)53-46(43)48(50-47)51-38-21-8-5-17-35(38)41-42-36-18-6-9-22-39(36)52-45(42)34-16-4-3-15-33(34)44(41)51/h1-27H. The SMILES string of the molecule is c1ccc2c(-c3ccc(-c4nc(-n5c6ccccc6c6c7c8ccccc8sc7c7ccccc7c65)c5sc6ccccc6c5n4)cc3)cccc2c1. The minimum atomic E-state index is 0.720. The molecule has 4 aromatic heterocycles. The Labute approximate surface area is 311 Å². The second-order valence-corrected chi connectivity index (χ2v) is 15.8. The molecule has 0 aliphatic carbocycles. The molecular weight excluding hydrogens is 683 g/mol. The molecule has 0 aliphatic heterocycles. The van der Waals surface area contributed by atoms with Gasteiger partial charge in [0.05, 0.1) is 21.3 Å². The van der Waals surface area contributed by atoms with Crippen LogP contribution in [0.5, 0.6) is 0 Å². The van der Waals surface area contributed by atoms with Gasteiger partial charge in [-0.05, 0) is 40.1 Å². The molecule has 0 saturated heterocycles. The van der Waals surface area contributed by atoms with Crippen molar-refractivity contribution in [2.75, 3.05) is 0 Å². The van der Waals surface area contributed by atoms with Crippen molar-refractivity contribution < 1.29 is 0 Å². The zero-order valence-electron chi connectivity index (χ0n) is 28.2. The summed E-state index contributed by atoms with van der Waals surface area (Å²) in [6.45, 7) is 0. The molecule has 3 nitrogen and oxygen atoms in total. The summed E-state index contributed by atoms with van der Waals surface area (Å²) < 4.78 is 7.37. The number of hydrogen-bond donors (Lipinski definition) is 0. The van der Waals surface area contributed by atoms with Gasteiger partial charge >= 0.3 is 0 Å². The first-order chi connectivity index (χ1) is 26.3. The maximum atomic E-state index is 5.56. The van der Waals surface area contributed by atoms with Crippen molar-refractivity contribution >= 4 is 106 Å². The number of nitrogens with zero attached hydrogens (tertiary/aromatic N) is 3. The molecule has 53 heavy (non-hydrogen) atoms. The number of aromatic nitrogens is 3. The number of benzene rings is 8. The summed E-state index contributed by atoms with van der Waals surface area (Å²) in [6, 6.07) is 59.1. The largest absolute Gasteiger partial charge is 0.292 e. The lowest BCUT2D eigenvalue weighted by atomic mass is 9.97. The molecule has 0 aliphatic rings. The number of para-hydroxylation sites is 1. The third-order valence-electron chi connectivity index (χ3n) is 10.8. The molecule has 0 fully saturated rings. The summed E-state index contributed by atoms with van der Waals surface area (Å²) in [7, 11) is 0. The molecular formula is C48H27N3S2. The van der Waals surface area contributed by atoms with Gasteiger partial charge in [0.25, 0.3) is 0 Å². The quantitative estimate of drug-likeness (QED) is 0.183. The molecule has 0 N–H and O–H groups in total. The van der Waals surface area contributed by atoms with Gasteiger partial charge in [0.15, 0.2) is 11.6 Å². The Morgan fingerprint density at radius 3 is 1.85 bits per heavy atom. The van der Waals surface area contributed by atoms with Crippen molar-refractivity contribution in [2.24, 2.45) is 0 Å². The highest BCUT2D eigenvalue weighted by atomic mass is 32.1. The van der Waals surface area contributed by atoms with Crippen LogP contribution < -0.4 is 0 Å². The average molecular weight is 710 g/mol. The van der Waals surface area contributed by atoms with Crippen molar-refractivity contribution in [2.45, 2.75) is 0 Å². The summed E-state index contributed by atoms with van der Waals surface area (Å²) in [6.07, 6.45) is 0. The van der Waals surface area contributed by atoms with Crippen molar-refractivity contribution in [3.63, 3.8) is 0 Å². The Morgan fingerprint density at radius 1 is 0.415 bits per heavy atom. The van der Waals surface area contributed by atoms with Crippen LogP contribution in [-0.4, -0.2) is 14.5 Å². The molecule has 0 saturated carbocycles. The fraction of sp³-hybridized carbons (Fsp3) is 0. The minimum Gasteiger partial charge on any atom is -0.292 e. The Hall–Kier alpha value is -6.40. The third kappa shape index (κ3) is 4.15. The molecule has 12 aromatic rings. The lowest BCUT2D eigenvalue weighted by Crippen LogP contribution is -2.02. The molecule has 8 aromatic carbocycles. The van der Waals surface area contributed by atoms with E-state index >= 15 is 0 Å². The molecule has 4 heterocycles. The van der Waals surface area contributed by atoms with Crippen LogP contribution >= 0.6 is 22.7 Å². The van der Waals surface area contributed by atoms with Crippen molar-refractivity contribution in [1.29, 1.82) is 0 Å². The number of fused-ring (bicyclic) bond motifs is 14. The van der Waals surface area contributed by atoms with Gasteiger partial charge < -0.3 is 0 Å². The topological polar surface area (TPSA) is 30.7 Å². The summed E-state index contributed by atoms with van der Waals surface area (Å²) >= 11 is 3.67. The molecule has 0 bridgehead atoms. The van der Waals surface area contributed by atoms with Crippen LogP contribution in [0.1, 0.15) is 0 Å². The minimum absolute atomic E-state index is 0.720. The smallest absolute Gasteiger partial charge is 0.162 e. The van der Waals surface area contributed by atoms with Crippen LogP contribution in [0.3, 0.4) is 0 Å². The maximum absolute atomic E-state index is 5.56. The van der Waals surface area contributed by atoms with Crippen LogP contribution in [0.25, 0.3) is 112 Å². The van der Waals surface area contributed by atoms with Crippen molar-refractivity contribution in [1.82, 2.24) is 14.5 Å². The van der Waals surface area contributed by atoms with E-state index in [4.69, 9.17) is 9.97 Å². The molecule has 0 unspecified atom stereocenters. The van der Waals surface area contributed by atoms with Crippen LogP contribution in [0.2, 0.25) is 0 Å². The van der Waals surface area contributed by atoms with E-state index in [0.717, 1.165) is 38.3 Å². The van der Waals surface area contributed by atoms with Crippen molar-refractivity contribution in [3.8, 4) is 28.3 Å². The van der Waals surface area contributed by atoms with Gasteiger partial charge in [0.1, 0.15) is 0 Å². The molecule has 0 atom stereocenters. The van der Waals surface area contributed by atoms with Crippen molar-refractivity contribution in [3.05, 3.63) is 164 Å². The van der Waals surface area contributed by atoms with Gasteiger partial charge in [0.2, 0.25) is 0 Å². The lowest BCUT2D eigenvalue weighted by Gasteiger charge is -2.13. The van der Waals surface area contributed by atoms with Gasteiger partial charge in [-0.15, -0.1) is 22.7 Å². The van der Waals surface area contributed by atoms with E-state index in [1.807, 2.05) is 11.3 Å². The Balaban J connectivity index is 1.19. The van der Waals surface area contributed by atoms with E-state index in [1.54, 1.807) is 11.3 Å². The number of hydrogen-bond acceptors (Lipinski definition) is 4. The molecule has 0 radical (unpaired) electrons. The van der Waals surface area contributed by atoms with Crippen LogP contribution in [0.4, 0.5) is 0 Å². The molecule has 5 heteroatoms. The fourth-order valence-electron chi connectivity index (χ4n) is 8.47. The molecule has 0 spiro atoms. The highest BCUT2D eigenvalue weighted by molar-refractivity contribution is 7.27. The van der Waals surface area contributed by atoms with Gasteiger partial charge in [-0.1, -0.05) is 146 Å². The third-order valence-corrected chi connectivity index (χ3v) is 13.2. The first-order valence-corrected chi connectivity index (χ1v) is 19.5. The lowest BCUT2D eigenvalue weighted by molar-refractivity contribution is 1.08. The predicted octanol–water partition coefficient (Wildman–Crippen LogP) is 13.9. The first kappa shape index (κ1) is 29.2. The summed E-state index contributed by atoms with van der Waals surface area (Å²) in [5, 5.41) is 11.3. The normalized spacial score (nSPS) is 12.2. The van der Waals surface area contributed by atoms with Crippen LogP contribution in [0.15, 0.2) is 164 Å². The summed E-state index contributed by atoms with van der Waals surface area (Å²) in [5.41, 5.74) is 6.71. The van der Waals surface area contributed by atoms with Gasteiger partial charge in [-0.3, -0.25) is 4.57 Å². The van der Waals surface area contributed by atoms with Gasteiger partial charge in [-0.25, -0.2) is 9.97 Å². The summed E-state index contributed by atoms with van der Waals surface area (Å²) in [4.78, 5) is 10.9. The van der Waals surface area contributed by atoms with E-state index in [0.29, 0.717) is 0 Å². The number of rotatable bonds is 3.